The van der Waals surface area contributed by atoms with Gasteiger partial charge in [0.15, 0.2) is 6.20 Å². The second kappa shape index (κ2) is 25.3. The van der Waals surface area contributed by atoms with Gasteiger partial charge in [-0.1, -0.05) is 109 Å². The SMILES string of the molecule is CCCCCCCCCCCCCCCCCCNC(=O)OCC1(COC(=O)N(Cc2cccc[n+]2CC)C(C)=O)CS(=O)C1.[I-]. The fraction of sp³-hybridized carbons (Fsp3) is 0.771. The molecule has 11 heteroatoms. The summed E-state index contributed by atoms with van der Waals surface area (Å²) in [6, 6.07) is 5.60. The second-order valence-corrected chi connectivity index (χ2v) is 14.1. The minimum atomic E-state index is -1.05. The maximum absolute atomic E-state index is 12.9. The Labute approximate surface area is 297 Å². The molecule has 1 fully saturated rings. The van der Waals surface area contributed by atoms with Gasteiger partial charge in [0.25, 0.3) is 0 Å². The predicted molar refractivity (Wildman–Crippen MR) is 179 cm³/mol. The molecule has 0 saturated carbocycles. The number of unbranched alkanes of at least 4 members (excludes halogenated alkanes) is 15. The summed E-state index contributed by atoms with van der Waals surface area (Å²) in [6.45, 7) is 6.84. The summed E-state index contributed by atoms with van der Waals surface area (Å²) in [5.41, 5.74) is 0.0981. The van der Waals surface area contributed by atoms with Gasteiger partial charge in [0.1, 0.15) is 26.3 Å². The Bertz CT molecular complexity index is 1040. The summed E-state index contributed by atoms with van der Waals surface area (Å²) in [5, 5.41) is 2.80. The Morgan fingerprint density at radius 3 is 1.85 bits per heavy atom. The molecule has 0 atom stereocenters. The van der Waals surface area contributed by atoms with Crippen LogP contribution in [0.25, 0.3) is 0 Å². The first-order valence-electron chi connectivity index (χ1n) is 17.5. The minimum absolute atomic E-state index is 0. The molecule has 0 aromatic carbocycles. The first-order valence-corrected chi connectivity index (χ1v) is 19.0. The van der Waals surface area contributed by atoms with E-state index in [-0.39, 0.29) is 55.2 Å². The van der Waals surface area contributed by atoms with Crippen molar-refractivity contribution in [3.63, 3.8) is 0 Å². The number of alkyl carbamates (subject to hydrolysis) is 1. The van der Waals surface area contributed by atoms with Crippen LogP contribution in [0.15, 0.2) is 24.4 Å². The van der Waals surface area contributed by atoms with Gasteiger partial charge >= 0.3 is 12.2 Å². The van der Waals surface area contributed by atoms with E-state index in [0.29, 0.717) is 13.1 Å². The van der Waals surface area contributed by atoms with Gasteiger partial charge in [0.05, 0.1) is 5.41 Å². The van der Waals surface area contributed by atoms with E-state index in [4.69, 9.17) is 9.47 Å². The van der Waals surface area contributed by atoms with Gasteiger partial charge in [-0.15, -0.1) is 0 Å². The molecule has 1 N–H and O–H groups in total. The lowest BCUT2D eigenvalue weighted by atomic mass is 9.94. The lowest BCUT2D eigenvalue weighted by Gasteiger charge is -2.39. The van der Waals surface area contributed by atoms with Crippen LogP contribution in [-0.4, -0.2) is 58.5 Å². The maximum atomic E-state index is 12.9. The number of nitrogens with zero attached hydrogens (tertiary/aromatic N) is 2. The number of carbonyl (C=O) groups excluding carboxylic acids is 3. The van der Waals surface area contributed by atoms with Gasteiger partial charge < -0.3 is 38.8 Å². The summed E-state index contributed by atoms with van der Waals surface area (Å²) < 4.78 is 24.8. The number of imide groups is 1. The summed E-state index contributed by atoms with van der Waals surface area (Å²) in [4.78, 5) is 38.5. The topological polar surface area (TPSA) is 106 Å². The van der Waals surface area contributed by atoms with Crippen LogP contribution in [-0.2, 0) is 38.2 Å². The van der Waals surface area contributed by atoms with E-state index in [2.05, 4.69) is 12.2 Å². The van der Waals surface area contributed by atoms with Crippen LogP contribution in [0.5, 0.6) is 0 Å². The van der Waals surface area contributed by atoms with Crippen LogP contribution in [0.4, 0.5) is 9.59 Å². The number of rotatable bonds is 24. The van der Waals surface area contributed by atoms with Crippen molar-refractivity contribution < 1.29 is 56.6 Å². The summed E-state index contributed by atoms with van der Waals surface area (Å²) in [6.07, 6.45) is 21.4. The fourth-order valence-electron chi connectivity index (χ4n) is 5.71. The summed E-state index contributed by atoms with van der Waals surface area (Å²) in [5.74, 6) is 0.130. The van der Waals surface area contributed by atoms with Crippen molar-refractivity contribution in [1.29, 1.82) is 0 Å². The van der Waals surface area contributed by atoms with Crippen LogP contribution in [0.1, 0.15) is 129 Å². The van der Waals surface area contributed by atoms with Gasteiger partial charge in [-0.25, -0.2) is 19.1 Å². The zero-order valence-electron chi connectivity index (χ0n) is 28.7. The number of carbonyl (C=O) groups is 3. The third kappa shape index (κ3) is 17.4. The first kappa shape index (κ1) is 42.3. The molecule has 264 valence electrons. The number of halogens is 1. The molecule has 0 aliphatic carbocycles. The van der Waals surface area contributed by atoms with E-state index in [1.807, 2.05) is 35.9 Å². The van der Waals surface area contributed by atoms with Crippen molar-refractivity contribution in [2.24, 2.45) is 5.41 Å². The smallest absolute Gasteiger partial charge is 0.417 e. The zero-order valence-corrected chi connectivity index (χ0v) is 31.7. The number of nitrogens with one attached hydrogen (secondary N) is 1. The van der Waals surface area contributed by atoms with Crippen molar-refractivity contribution in [1.82, 2.24) is 10.2 Å². The van der Waals surface area contributed by atoms with Crippen LogP contribution in [0.3, 0.4) is 0 Å². The molecular formula is C35H60IN3O6S. The highest BCUT2D eigenvalue weighted by Gasteiger charge is 2.46. The molecule has 1 aromatic heterocycles. The van der Waals surface area contributed by atoms with Gasteiger partial charge in [0, 0.05) is 47.9 Å². The summed E-state index contributed by atoms with van der Waals surface area (Å²) >= 11 is 0. The Morgan fingerprint density at radius 1 is 0.826 bits per heavy atom. The molecule has 2 heterocycles. The van der Waals surface area contributed by atoms with Crippen LogP contribution >= 0.6 is 0 Å². The lowest BCUT2D eigenvalue weighted by molar-refractivity contribution is -0.701. The molecule has 46 heavy (non-hydrogen) atoms. The van der Waals surface area contributed by atoms with Gasteiger partial charge in [-0.3, -0.25) is 9.00 Å². The second-order valence-electron chi connectivity index (χ2n) is 12.7. The van der Waals surface area contributed by atoms with E-state index >= 15 is 0 Å². The van der Waals surface area contributed by atoms with E-state index in [9.17, 15) is 18.6 Å². The number of ether oxygens (including phenoxy) is 2. The minimum Gasteiger partial charge on any atom is -1.00 e. The summed E-state index contributed by atoms with van der Waals surface area (Å²) in [7, 11) is -1.05. The van der Waals surface area contributed by atoms with Crippen LogP contribution in [0.2, 0.25) is 0 Å². The molecule has 0 radical (unpaired) electrons. The molecule has 0 spiro atoms. The normalized spacial score (nSPS) is 17.0. The predicted octanol–water partition coefficient (Wildman–Crippen LogP) is 4.22. The Hall–Kier alpha value is -1.76. The largest absolute Gasteiger partial charge is 1.00 e. The first-order chi connectivity index (χ1) is 21.8. The molecule has 1 aliphatic rings. The van der Waals surface area contributed by atoms with Crippen LogP contribution < -0.4 is 33.9 Å². The van der Waals surface area contributed by atoms with Crippen molar-refractivity contribution in [2.75, 3.05) is 31.3 Å². The van der Waals surface area contributed by atoms with Gasteiger partial charge in [-0.2, -0.15) is 0 Å². The molecule has 3 amide bonds. The lowest BCUT2D eigenvalue weighted by Crippen LogP contribution is -3.00. The van der Waals surface area contributed by atoms with Crippen molar-refractivity contribution in [3.8, 4) is 0 Å². The number of hydrogen-bond acceptors (Lipinski definition) is 6. The quantitative estimate of drug-likeness (QED) is 0.0959. The Morgan fingerprint density at radius 2 is 1.35 bits per heavy atom. The molecule has 0 bridgehead atoms. The maximum Gasteiger partial charge on any atom is 0.417 e. The number of pyridine rings is 1. The van der Waals surface area contributed by atoms with Crippen molar-refractivity contribution in [3.05, 3.63) is 30.1 Å². The monoisotopic (exact) mass is 777 g/mol. The highest BCUT2D eigenvalue weighted by atomic mass is 127. The highest BCUT2D eigenvalue weighted by Crippen LogP contribution is 2.31. The van der Waals surface area contributed by atoms with E-state index in [0.717, 1.165) is 23.4 Å². The number of amides is 3. The number of aromatic nitrogens is 1. The molecule has 1 aromatic rings. The zero-order chi connectivity index (χ0) is 32.8. The number of aryl methyl sites for hydroxylation is 1. The van der Waals surface area contributed by atoms with Gasteiger partial charge in [-0.05, 0) is 13.3 Å². The number of hydrogen-bond donors (Lipinski definition) is 1. The third-order valence-electron chi connectivity index (χ3n) is 8.54. The molecule has 1 aliphatic heterocycles. The molecule has 1 saturated heterocycles. The fourth-order valence-corrected chi connectivity index (χ4v) is 7.32. The van der Waals surface area contributed by atoms with Crippen molar-refractivity contribution >= 4 is 28.9 Å². The molecule has 2 rings (SSSR count). The third-order valence-corrected chi connectivity index (χ3v) is 10.4. The highest BCUT2D eigenvalue weighted by molar-refractivity contribution is 7.86. The Kier molecular flexibility index (Phi) is 23.2. The molecule has 9 nitrogen and oxygen atoms in total. The van der Waals surface area contributed by atoms with Crippen LogP contribution in [0, 0.1) is 5.41 Å². The van der Waals surface area contributed by atoms with E-state index in [1.54, 1.807) is 0 Å². The molecular weight excluding hydrogens is 717 g/mol. The average molecular weight is 778 g/mol. The Balaban J connectivity index is 0.0000106. The van der Waals surface area contributed by atoms with Gasteiger partial charge in [0.2, 0.25) is 11.6 Å². The van der Waals surface area contributed by atoms with Crippen molar-refractivity contribution in [2.45, 2.75) is 137 Å². The van der Waals surface area contributed by atoms with E-state index in [1.165, 1.54) is 96.8 Å². The van der Waals surface area contributed by atoms with E-state index < -0.39 is 34.3 Å². The average Bonchev–Trinajstić information content (AvgIpc) is 3.01. The standard InChI is InChI=1S/C35H59N3O6S.HI/c1-4-6-7-8-9-10-11-12-13-14-15-16-17-18-19-21-24-36-33(40)43-27-35(29-45(42)30-35)28-44-34(41)38(31(3)39)26-32-23-20-22-25-37(32)5-2;/h20,22-23,25H,4-19,21,24,26-30H2,1-3H3;1H. The molecule has 0 unspecified atom stereocenters.